The third kappa shape index (κ3) is 3.07. The van der Waals surface area contributed by atoms with E-state index in [2.05, 4.69) is 10.4 Å². The zero-order valence-corrected chi connectivity index (χ0v) is 12.0. The van der Waals surface area contributed by atoms with Crippen LogP contribution in [0.3, 0.4) is 0 Å². The number of amides is 1. The van der Waals surface area contributed by atoms with Gasteiger partial charge in [0.2, 0.25) is 5.69 Å². The Morgan fingerprint density at radius 1 is 1.38 bits per heavy atom. The van der Waals surface area contributed by atoms with Crippen LogP contribution >= 0.6 is 0 Å². The third-order valence-electron chi connectivity index (χ3n) is 3.26. The maximum absolute atomic E-state index is 12.2. The highest BCUT2D eigenvalue weighted by atomic mass is 16.6. The predicted molar refractivity (Wildman–Crippen MR) is 76.9 cm³/mol. The number of rotatable bonds is 4. The number of nitrogens with zero attached hydrogens (tertiary/aromatic N) is 3. The number of carbonyl (C=O) groups excluding carboxylic acids is 1. The Bertz CT molecular complexity index is 676. The number of nitro groups is 1. The van der Waals surface area contributed by atoms with E-state index in [1.807, 2.05) is 38.1 Å². The Morgan fingerprint density at radius 2 is 2.00 bits per heavy atom. The summed E-state index contributed by atoms with van der Waals surface area (Å²) in [6, 6.07) is 7.47. The summed E-state index contributed by atoms with van der Waals surface area (Å²) < 4.78 is 1.20. The molecular formula is C14H16N4O3. The minimum Gasteiger partial charge on any atom is -0.344 e. The quantitative estimate of drug-likeness (QED) is 0.689. The monoisotopic (exact) mass is 288 g/mol. The van der Waals surface area contributed by atoms with Crippen LogP contribution in [0.25, 0.3) is 0 Å². The van der Waals surface area contributed by atoms with Gasteiger partial charge in [-0.25, -0.2) is 0 Å². The molecule has 0 radical (unpaired) electrons. The zero-order valence-electron chi connectivity index (χ0n) is 12.0. The average Bonchev–Trinajstić information content (AvgIpc) is 2.81. The van der Waals surface area contributed by atoms with Gasteiger partial charge in [-0.1, -0.05) is 29.8 Å². The van der Waals surface area contributed by atoms with Gasteiger partial charge >= 0.3 is 5.69 Å². The molecule has 0 aliphatic carbocycles. The van der Waals surface area contributed by atoms with Crippen molar-refractivity contribution in [3.63, 3.8) is 0 Å². The van der Waals surface area contributed by atoms with Crippen molar-refractivity contribution >= 4 is 11.6 Å². The lowest BCUT2D eigenvalue weighted by atomic mass is 10.1. The summed E-state index contributed by atoms with van der Waals surface area (Å²) in [7, 11) is 1.50. The second-order valence-corrected chi connectivity index (χ2v) is 4.86. The number of hydrogen-bond donors (Lipinski definition) is 1. The number of aromatic nitrogens is 2. The van der Waals surface area contributed by atoms with Crippen LogP contribution < -0.4 is 5.32 Å². The number of nitrogens with one attached hydrogen (secondary N) is 1. The smallest absolute Gasteiger partial charge is 0.320 e. The van der Waals surface area contributed by atoms with Gasteiger partial charge in [0.25, 0.3) is 5.91 Å². The summed E-state index contributed by atoms with van der Waals surface area (Å²) in [4.78, 5) is 22.5. The minimum atomic E-state index is -0.613. The molecule has 0 bridgehead atoms. The van der Waals surface area contributed by atoms with Crippen LogP contribution in [0.4, 0.5) is 5.69 Å². The molecule has 0 saturated carbocycles. The van der Waals surface area contributed by atoms with Crippen molar-refractivity contribution in [1.82, 2.24) is 15.1 Å². The second kappa shape index (κ2) is 5.74. The van der Waals surface area contributed by atoms with Gasteiger partial charge in [0.15, 0.2) is 0 Å². The lowest BCUT2D eigenvalue weighted by Crippen LogP contribution is -2.29. The topological polar surface area (TPSA) is 90.1 Å². The first-order chi connectivity index (χ1) is 9.90. The Labute approximate surface area is 121 Å². The van der Waals surface area contributed by atoms with E-state index >= 15 is 0 Å². The lowest BCUT2D eigenvalue weighted by Gasteiger charge is -2.14. The summed E-state index contributed by atoms with van der Waals surface area (Å²) in [6.07, 6.45) is 1.07. The Morgan fingerprint density at radius 3 is 2.57 bits per heavy atom. The van der Waals surface area contributed by atoms with Crippen molar-refractivity contribution < 1.29 is 9.72 Å². The van der Waals surface area contributed by atoms with Gasteiger partial charge in [-0.15, -0.1) is 0 Å². The van der Waals surface area contributed by atoms with Gasteiger partial charge in [-0.3, -0.25) is 19.6 Å². The molecule has 1 atom stereocenters. The summed E-state index contributed by atoms with van der Waals surface area (Å²) in [6.45, 7) is 3.80. The van der Waals surface area contributed by atoms with Crippen LogP contribution in [-0.2, 0) is 7.05 Å². The van der Waals surface area contributed by atoms with Crippen LogP contribution in [0.15, 0.2) is 30.5 Å². The van der Waals surface area contributed by atoms with Gasteiger partial charge in [0, 0.05) is 7.05 Å². The van der Waals surface area contributed by atoms with Crippen LogP contribution in [0.1, 0.15) is 34.6 Å². The standard InChI is InChI=1S/C14H16N4O3/c1-9-4-6-11(7-5-9)10(2)16-14(19)13-12(18(20)21)8-15-17(13)3/h4-8,10H,1-3H3,(H,16,19)/t10-/m1/s1. The van der Waals surface area contributed by atoms with E-state index < -0.39 is 10.8 Å². The van der Waals surface area contributed by atoms with Crippen molar-refractivity contribution in [2.45, 2.75) is 19.9 Å². The SMILES string of the molecule is Cc1ccc([C@@H](C)NC(=O)c2c([N+](=O)[O-])cnn2C)cc1. The number of hydrogen-bond acceptors (Lipinski definition) is 4. The molecule has 1 aromatic heterocycles. The highest BCUT2D eigenvalue weighted by molar-refractivity contribution is 5.96. The molecule has 1 N–H and O–H groups in total. The van der Waals surface area contributed by atoms with Crippen molar-refractivity contribution in [3.8, 4) is 0 Å². The summed E-state index contributed by atoms with van der Waals surface area (Å²) >= 11 is 0. The molecule has 0 spiro atoms. The molecule has 21 heavy (non-hydrogen) atoms. The molecule has 7 heteroatoms. The molecule has 1 amide bonds. The first kappa shape index (κ1) is 14.7. The lowest BCUT2D eigenvalue weighted by molar-refractivity contribution is -0.385. The molecule has 1 heterocycles. The van der Waals surface area contributed by atoms with Crippen LogP contribution in [0.5, 0.6) is 0 Å². The van der Waals surface area contributed by atoms with Crippen LogP contribution in [0, 0.1) is 17.0 Å². The maximum atomic E-state index is 12.2. The van der Waals surface area contributed by atoms with E-state index in [0.717, 1.165) is 17.3 Å². The van der Waals surface area contributed by atoms with Crippen molar-refractivity contribution in [2.75, 3.05) is 0 Å². The Kier molecular flexibility index (Phi) is 4.02. The molecule has 7 nitrogen and oxygen atoms in total. The van der Waals surface area contributed by atoms with Gasteiger partial charge in [0.1, 0.15) is 6.20 Å². The predicted octanol–water partition coefficient (Wildman–Crippen LogP) is 2.13. The fourth-order valence-corrected chi connectivity index (χ4v) is 2.03. The summed E-state index contributed by atoms with van der Waals surface area (Å²) in [5.74, 6) is -0.519. The van der Waals surface area contributed by atoms with E-state index in [0.29, 0.717) is 0 Å². The second-order valence-electron chi connectivity index (χ2n) is 4.86. The van der Waals surface area contributed by atoms with E-state index in [-0.39, 0.29) is 17.4 Å². The molecule has 2 aromatic rings. The Balaban J connectivity index is 2.20. The molecule has 2 rings (SSSR count). The third-order valence-corrected chi connectivity index (χ3v) is 3.26. The van der Waals surface area contributed by atoms with E-state index in [1.165, 1.54) is 11.7 Å². The van der Waals surface area contributed by atoms with Gasteiger partial charge in [-0.2, -0.15) is 5.10 Å². The highest BCUT2D eigenvalue weighted by Gasteiger charge is 2.26. The molecule has 0 aliphatic heterocycles. The fraction of sp³-hybridized carbons (Fsp3) is 0.286. The van der Waals surface area contributed by atoms with Crippen molar-refractivity contribution in [2.24, 2.45) is 7.05 Å². The maximum Gasteiger partial charge on any atom is 0.320 e. The minimum absolute atomic E-state index is 0.0565. The first-order valence-corrected chi connectivity index (χ1v) is 6.44. The summed E-state index contributed by atoms with van der Waals surface area (Å²) in [5, 5.41) is 17.4. The van der Waals surface area contributed by atoms with Gasteiger partial charge in [-0.05, 0) is 19.4 Å². The average molecular weight is 288 g/mol. The van der Waals surface area contributed by atoms with Gasteiger partial charge < -0.3 is 5.32 Å². The molecule has 0 saturated heterocycles. The largest absolute Gasteiger partial charge is 0.344 e. The molecule has 0 fully saturated rings. The fourth-order valence-electron chi connectivity index (χ4n) is 2.03. The molecule has 110 valence electrons. The normalized spacial score (nSPS) is 12.0. The molecular weight excluding hydrogens is 272 g/mol. The van der Waals surface area contributed by atoms with E-state index in [4.69, 9.17) is 0 Å². The van der Waals surface area contributed by atoms with E-state index in [9.17, 15) is 14.9 Å². The number of aryl methyl sites for hydroxylation is 2. The number of benzene rings is 1. The van der Waals surface area contributed by atoms with Crippen LogP contribution in [0.2, 0.25) is 0 Å². The van der Waals surface area contributed by atoms with Gasteiger partial charge in [0.05, 0.1) is 11.0 Å². The highest BCUT2D eigenvalue weighted by Crippen LogP contribution is 2.19. The Hall–Kier alpha value is -2.70. The summed E-state index contributed by atoms with van der Waals surface area (Å²) in [5.41, 5.74) is 1.70. The van der Waals surface area contributed by atoms with E-state index in [1.54, 1.807) is 0 Å². The molecule has 1 aromatic carbocycles. The zero-order chi connectivity index (χ0) is 15.6. The first-order valence-electron chi connectivity index (χ1n) is 6.44. The van der Waals surface area contributed by atoms with Crippen molar-refractivity contribution in [3.05, 3.63) is 57.4 Å². The van der Waals surface area contributed by atoms with Crippen molar-refractivity contribution in [1.29, 1.82) is 0 Å². The molecule has 0 aliphatic rings. The van der Waals surface area contributed by atoms with Crippen LogP contribution in [-0.4, -0.2) is 20.6 Å². The number of carbonyl (C=O) groups is 1. The molecule has 0 unspecified atom stereocenters.